The molecule has 1 saturated heterocycles. The highest BCUT2D eigenvalue weighted by atomic mass is 19.1. The van der Waals surface area contributed by atoms with Crippen LogP contribution in [0.5, 0.6) is 11.5 Å². The molecule has 142 valence electrons. The van der Waals surface area contributed by atoms with Crippen LogP contribution in [-0.2, 0) is 9.59 Å². The lowest BCUT2D eigenvalue weighted by Crippen LogP contribution is -2.44. The summed E-state index contributed by atoms with van der Waals surface area (Å²) in [5.41, 5.74) is 0.537. The van der Waals surface area contributed by atoms with Crippen LogP contribution in [-0.4, -0.2) is 62.8 Å². The molecule has 1 atom stereocenters. The molecule has 7 nitrogen and oxygen atoms in total. The van der Waals surface area contributed by atoms with E-state index in [-0.39, 0.29) is 12.5 Å². The van der Waals surface area contributed by atoms with E-state index in [1.54, 1.807) is 18.2 Å². The SMILES string of the molecule is CN(CC(=O)Nc1ccc2c(c1)OCCO2)C(=O)C(F)C1CCNCC1. The Bertz CT molecular complexity index is 664. The predicted octanol–water partition coefficient (Wildman–Crippen LogP) is 1.19. The molecule has 0 aromatic heterocycles. The Kier molecular flexibility index (Phi) is 5.92. The maximum absolute atomic E-state index is 14.4. The van der Waals surface area contributed by atoms with Crippen LogP contribution in [0.1, 0.15) is 12.8 Å². The molecule has 2 amide bonds. The fourth-order valence-electron chi connectivity index (χ4n) is 3.16. The van der Waals surface area contributed by atoms with Crippen LogP contribution in [0.15, 0.2) is 18.2 Å². The third-order valence-corrected chi connectivity index (χ3v) is 4.62. The molecule has 3 rings (SSSR count). The van der Waals surface area contributed by atoms with Crippen LogP contribution >= 0.6 is 0 Å². The van der Waals surface area contributed by atoms with E-state index in [9.17, 15) is 14.0 Å². The number of hydrogen-bond donors (Lipinski definition) is 2. The monoisotopic (exact) mass is 365 g/mol. The fraction of sp³-hybridized carbons (Fsp3) is 0.556. The van der Waals surface area contributed by atoms with Gasteiger partial charge in [-0.05, 0) is 38.1 Å². The van der Waals surface area contributed by atoms with Gasteiger partial charge in [0.25, 0.3) is 5.91 Å². The summed E-state index contributed by atoms with van der Waals surface area (Å²) in [7, 11) is 1.44. The average Bonchev–Trinajstić information content (AvgIpc) is 2.67. The maximum Gasteiger partial charge on any atom is 0.257 e. The van der Waals surface area contributed by atoms with Gasteiger partial charge in [0.2, 0.25) is 5.91 Å². The molecule has 1 aromatic carbocycles. The van der Waals surface area contributed by atoms with E-state index in [4.69, 9.17) is 9.47 Å². The summed E-state index contributed by atoms with van der Waals surface area (Å²) in [6, 6.07) is 5.08. The molecule has 1 unspecified atom stereocenters. The summed E-state index contributed by atoms with van der Waals surface area (Å²) in [5.74, 6) is -0.131. The summed E-state index contributed by atoms with van der Waals surface area (Å²) in [5, 5.41) is 5.84. The Labute approximate surface area is 151 Å². The molecule has 0 saturated carbocycles. The molecule has 8 heteroatoms. The van der Waals surface area contributed by atoms with Gasteiger partial charge in [0, 0.05) is 24.7 Å². The van der Waals surface area contributed by atoms with E-state index in [0.717, 1.165) is 4.90 Å². The second-order valence-corrected chi connectivity index (χ2v) is 6.59. The quantitative estimate of drug-likeness (QED) is 0.820. The molecule has 0 radical (unpaired) electrons. The molecular weight excluding hydrogens is 341 g/mol. The molecule has 26 heavy (non-hydrogen) atoms. The van der Waals surface area contributed by atoms with Crippen molar-refractivity contribution in [2.75, 3.05) is 45.2 Å². The van der Waals surface area contributed by atoms with Gasteiger partial charge in [-0.1, -0.05) is 0 Å². The maximum atomic E-state index is 14.4. The number of amides is 2. The predicted molar refractivity (Wildman–Crippen MR) is 94.2 cm³/mol. The van der Waals surface area contributed by atoms with Crippen molar-refractivity contribution in [1.82, 2.24) is 10.2 Å². The van der Waals surface area contributed by atoms with Gasteiger partial charge >= 0.3 is 0 Å². The Morgan fingerprint density at radius 2 is 1.96 bits per heavy atom. The minimum atomic E-state index is -1.57. The van der Waals surface area contributed by atoms with Crippen molar-refractivity contribution in [3.63, 3.8) is 0 Å². The molecule has 2 aliphatic heterocycles. The van der Waals surface area contributed by atoms with E-state index < -0.39 is 18.0 Å². The van der Waals surface area contributed by atoms with Crippen LogP contribution in [0, 0.1) is 5.92 Å². The van der Waals surface area contributed by atoms with Gasteiger partial charge in [-0.25, -0.2) is 4.39 Å². The number of alkyl halides is 1. The van der Waals surface area contributed by atoms with Gasteiger partial charge in [-0.15, -0.1) is 0 Å². The Morgan fingerprint density at radius 1 is 1.27 bits per heavy atom. The number of hydrogen-bond acceptors (Lipinski definition) is 5. The number of benzene rings is 1. The first-order valence-corrected chi connectivity index (χ1v) is 8.84. The number of likely N-dealkylation sites (N-methyl/N-ethyl adjacent to an activating group) is 1. The highest BCUT2D eigenvalue weighted by Crippen LogP contribution is 2.32. The molecule has 0 spiro atoms. The van der Waals surface area contributed by atoms with Crippen molar-refractivity contribution < 1.29 is 23.5 Å². The number of nitrogens with zero attached hydrogens (tertiary/aromatic N) is 1. The highest BCUT2D eigenvalue weighted by molar-refractivity contribution is 5.95. The third kappa shape index (κ3) is 4.43. The van der Waals surface area contributed by atoms with Crippen molar-refractivity contribution in [2.24, 2.45) is 5.92 Å². The van der Waals surface area contributed by atoms with E-state index in [1.807, 2.05) is 0 Å². The van der Waals surface area contributed by atoms with Crippen LogP contribution in [0.25, 0.3) is 0 Å². The van der Waals surface area contributed by atoms with Crippen LogP contribution < -0.4 is 20.1 Å². The van der Waals surface area contributed by atoms with Crippen molar-refractivity contribution in [1.29, 1.82) is 0 Å². The molecule has 2 heterocycles. The standard InChI is InChI=1S/C18H24FN3O4/c1-22(18(24)17(19)12-4-6-20-7-5-12)11-16(23)21-13-2-3-14-15(10-13)26-9-8-25-14/h2-3,10,12,17,20H,4-9,11H2,1H3,(H,21,23). The first kappa shape index (κ1) is 18.4. The summed E-state index contributed by atoms with van der Waals surface area (Å²) in [4.78, 5) is 25.6. The van der Waals surface area contributed by atoms with Gasteiger partial charge in [-0.2, -0.15) is 0 Å². The van der Waals surface area contributed by atoms with Gasteiger partial charge in [0.05, 0.1) is 6.54 Å². The molecule has 2 N–H and O–H groups in total. The minimum Gasteiger partial charge on any atom is -0.486 e. The average molecular weight is 365 g/mol. The summed E-state index contributed by atoms with van der Waals surface area (Å²) in [6.07, 6.45) is -0.307. The van der Waals surface area contributed by atoms with Crippen molar-refractivity contribution in [3.8, 4) is 11.5 Å². The second kappa shape index (κ2) is 8.35. The number of halogens is 1. The van der Waals surface area contributed by atoms with Gasteiger partial charge in [0.1, 0.15) is 13.2 Å². The third-order valence-electron chi connectivity index (χ3n) is 4.62. The number of rotatable bonds is 5. The normalized spacial score (nSPS) is 18.1. The van der Waals surface area contributed by atoms with Gasteiger partial charge in [0.15, 0.2) is 17.7 Å². The Morgan fingerprint density at radius 3 is 2.69 bits per heavy atom. The summed E-state index contributed by atoms with van der Waals surface area (Å²) in [6.45, 7) is 2.17. The number of ether oxygens (including phenoxy) is 2. The van der Waals surface area contributed by atoms with Gasteiger partial charge in [-0.3, -0.25) is 9.59 Å². The zero-order valence-corrected chi connectivity index (χ0v) is 14.8. The first-order valence-electron chi connectivity index (χ1n) is 8.84. The van der Waals surface area contributed by atoms with E-state index in [0.29, 0.717) is 56.3 Å². The van der Waals surface area contributed by atoms with Crippen molar-refractivity contribution >= 4 is 17.5 Å². The number of fused-ring (bicyclic) bond motifs is 1. The molecular formula is C18H24FN3O4. The number of anilines is 1. The molecule has 2 aliphatic rings. The summed E-state index contributed by atoms with van der Waals surface area (Å²) < 4.78 is 25.3. The highest BCUT2D eigenvalue weighted by Gasteiger charge is 2.31. The molecule has 1 aromatic rings. The lowest BCUT2D eigenvalue weighted by Gasteiger charge is -2.27. The van der Waals surface area contributed by atoms with Crippen LogP contribution in [0.3, 0.4) is 0 Å². The number of carbonyl (C=O) groups excluding carboxylic acids is 2. The smallest absolute Gasteiger partial charge is 0.257 e. The van der Waals surface area contributed by atoms with Crippen molar-refractivity contribution in [3.05, 3.63) is 18.2 Å². The lowest BCUT2D eigenvalue weighted by atomic mass is 9.92. The number of nitrogens with one attached hydrogen (secondary N) is 2. The largest absolute Gasteiger partial charge is 0.486 e. The van der Waals surface area contributed by atoms with Crippen LogP contribution in [0.2, 0.25) is 0 Å². The lowest BCUT2D eigenvalue weighted by molar-refractivity contribution is -0.140. The van der Waals surface area contributed by atoms with Crippen LogP contribution in [0.4, 0.5) is 10.1 Å². The topological polar surface area (TPSA) is 79.9 Å². The zero-order valence-electron chi connectivity index (χ0n) is 14.8. The van der Waals surface area contributed by atoms with E-state index >= 15 is 0 Å². The van der Waals surface area contributed by atoms with E-state index in [1.165, 1.54) is 7.05 Å². The number of piperidine rings is 1. The molecule has 1 fully saturated rings. The Balaban J connectivity index is 1.52. The summed E-state index contributed by atoms with van der Waals surface area (Å²) >= 11 is 0. The number of carbonyl (C=O) groups is 2. The first-order chi connectivity index (χ1) is 12.5. The molecule has 0 aliphatic carbocycles. The zero-order chi connectivity index (χ0) is 18.5. The second-order valence-electron chi connectivity index (χ2n) is 6.59. The van der Waals surface area contributed by atoms with E-state index in [2.05, 4.69) is 10.6 Å². The van der Waals surface area contributed by atoms with Gasteiger partial charge < -0.3 is 25.0 Å². The fourth-order valence-corrected chi connectivity index (χ4v) is 3.16. The Hall–Kier alpha value is -2.35. The molecule has 0 bridgehead atoms. The van der Waals surface area contributed by atoms with Crippen molar-refractivity contribution in [2.45, 2.75) is 19.0 Å². The minimum absolute atomic E-state index is 0.210.